The molecule has 32 heavy (non-hydrogen) atoms. The summed E-state index contributed by atoms with van der Waals surface area (Å²) in [5.41, 5.74) is 2.82. The normalized spacial score (nSPS) is 13.8. The molecule has 1 aliphatic heterocycles. The number of aromatic amines is 1. The Hall–Kier alpha value is -3.91. The third-order valence-electron chi connectivity index (χ3n) is 5.52. The van der Waals surface area contributed by atoms with Crippen LogP contribution in [0.3, 0.4) is 0 Å². The van der Waals surface area contributed by atoms with Gasteiger partial charge in [0.05, 0.1) is 18.6 Å². The van der Waals surface area contributed by atoms with Gasteiger partial charge in [0.25, 0.3) is 5.56 Å². The molecule has 0 aliphatic carbocycles. The maximum atomic E-state index is 12.6. The van der Waals surface area contributed by atoms with Crippen LogP contribution in [0.15, 0.2) is 65.7 Å². The Morgan fingerprint density at radius 1 is 1.03 bits per heavy atom. The zero-order valence-corrected chi connectivity index (χ0v) is 17.8. The van der Waals surface area contributed by atoms with Gasteiger partial charge in [-0.1, -0.05) is 6.07 Å². The number of benzene rings is 1. The zero-order valence-electron chi connectivity index (χ0n) is 17.8. The molecule has 162 valence electrons. The molecule has 0 radical (unpaired) electrons. The second-order valence-corrected chi connectivity index (χ2v) is 7.69. The van der Waals surface area contributed by atoms with Crippen molar-refractivity contribution in [3.05, 3.63) is 76.8 Å². The van der Waals surface area contributed by atoms with Crippen molar-refractivity contribution in [2.75, 3.05) is 41.8 Å². The Kier molecular flexibility index (Phi) is 5.43. The quantitative estimate of drug-likeness (QED) is 0.443. The Balaban J connectivity index is 1.48. The van der Waals surface area contributed by atoms with E-state index in [9.17, 15) is 4.79 Å². The van der Waals surface area contributed by atoms with Crippen LogP contribution in [0.2, 0.25) is 0 Å². The molecular weight excluding hydrogens is 404 g/mol. The van der Waals surface area contributed by atoms with Gasteiger partial charge in [0, 0.05) is 36.9 Å². The predicted molar refractivity (Wildman–Crippen MR) is 127 cm³/mol. The predicted octanol–water partition coefficient (Wildman–Crippen LogP) is 3.95. The molecule has 0 spiro atoms. The summed E-state index contributed by atoms with van der Waals surface area (Å²) >= 11 is 0. The summed E-state index contributed by atoms with van der Waals surface area (Å²) in [6.07, 6.45) is 3.37. The number of hydrogen-bond donors (Lipinski definition) is 3. The van der Waals surface area contributed by atoms with Crippen LogP contribution in [0.1, 0.15) is 5.56 Å². The average molecular weight is 428 g/mol. The number of nitrogens with one attached hydrogen (secondary N) is 3. The van der Waals surface area contributed by atoms with Gasteiger partial charge in [0.2, 0.25) is 0 Å². The first-order chi connectivity index (χ1) is 15.7. The van der Waals surface area contributed by atoms with Gasteiger partial charge < -0.3 is 25.3 Å². The van der Waals surface area contributed by atoms with Gasteiger partial charge in [0.1, 0.15) is 17.5 Å². The second-order valence-electron chi connectivity index (χ2n) is 7.69. The van der Waals surface area contributed by atoms with Gasteiger partial charge in [-0.25, -0.2) is 9.97 Å². The molecule has 3 N–H and O–H groups in total. The van der Waals surface area contributed by atoms with E-state index in [0.29, 0.717) is 17.0 Å². The molecule has 1 aliphatic rings. The minimum Gasteiger partial charge on any atom is -0.378 e. The molecule has 0 amide bonds. The first-order valence-electron chi connectivity index (χ1n) is 10.6. The number of hydrogen-bond acceptors (Lipinski definition) is 7. The molecule has 4 heterocycles. The molecule has 0 bridgehead atoms. The van der Waals surface area contributed by atoms with Crippen molar-refractivity contribution in [2.24, 2.45) is 0 Å². The summed E-state index contributed by atoms with van der Waals surface area (Å²) < 4.78 is 5.43. The smallest absolute Gasteiger partial charge is 0.259 e. The van der Waals surface area contributed by atoms with Crippen LogP contribution in [0.5, 0.6) is 0 Å². The maximum absolute atomic E-state index is 12.6. The fraction of sp³-hybridized carbons (Fsp3) is 0.208. The number of rotatable bonds is 5. The molecule has 0 unspecified atom stereocenters. The lowest BCUT2D eigenvalue weighted by molar-refractivity contribution is 0.122. The Labute approximate surface area is 185 Å². The van der Waals surface area contributed by atoms with Crippen LogP contribution in [0.4, 0.5) is 28.8 Å². The van der Waals surface area contributed by atoms with Gasteiger partial charge in [-0.3, -0.25) is 4.79 Å². The summed E-state index contributed by atoms with van der Waals surface area (Å²) in [7, 11) is 0. The molecule has 5 rings (SSSR count). The van der Waals surface area contributed by atoms with E-state index < -0.39 is 0 Å². The lowest BCUT2D eigenvalue weighted by Gasteiger charge is -2.28. The molecule has 8 nitrogen and oxygen atoms in total. The number of nitrogens with zero attached hydrogens (tertiary/aromatic N) is 3. The highest BCUT2D eigenvalue weighted by Gasteiger charge is 2.13. The number of aryl methyl sites for hydroxylation is 1. The highest BCUT2D eigenvalue weighted by molar-refractivity contribution is 5.94. The standard InChI is InChI=1S/C24H24N6O2/c1-16-3-2-9-25-22(16)28-20-15-17-8-10-26-24(31)21(17)23(29-20)27-18-4-6-19(7-5-18)30-11-13-32-14-12-30/h2-10,15H,11-14H2,1H3,(H,26,31)(H2,25,27,28,29). The SMILES string of the molecule is Cc1cccnc1Nc1cc2cc[nH]c(=O)c2c(Nc2ccc(N3CCOCC3)cc2)n1. The second kappa shape index (κ2) is 8.68. The summed E-state index contributed by atoms with van der Waals surface area (Å²) in [5, 5.41) is 7.89. The summed E-state index contributed by atoms with van der Waals surface area (Å²) in [5.74, 6) is 1.82. The number of morpholine rings is 1. The molecule has 1 saturated heterocycles. The first kappa shape index (κ1) is 20.0. The minimum atomic E-state index is -0.192. The molecule has 1 fully saturated rings. The molecule has 0 saturated carbocycles. The Bertz CT molecular complexity index is 1300. The first-order valence-corrected chi connectivity index (χ1v) is 10.6. The minimum absolute atomic E-state index is 0.192. The fourth-order valence-corrected chi connectivity index (χ4v) is 3.82. The van der Waals surface area contributed by atoms with Crippen molar-refractivity contribution in [2.45, 2.75) is 6.92 Å². The van der Waals surface area contributed by atoms with Crippen LogP contribution in [-0.4, -0.2) is 41.3 Å². The highest BCUT2D eigenvalue weighted by Crippen LogP contribution is 2.28. The maximum Gasteiger partial charge on any atom is 0.259 e. The third kappa shape index (κ3) is 4.13. The summed E-state index contributed by atoms with van der Waals surface area (Å²) in [6.45, 7) is 5.24. The van der Waals surface area contributed by atoms with E-state index in [1.54, 1.807) is 12.4 Å². The van der Waals surface area contributed by atoms with Crippen LogP contribution < -0.4 is 21.1 Å². The van der Waals surface area contributed by atoms with E-state index >= 15 is 0 Å². The number of ether oxygens (including phenoxy) is 1. The zero-order chi connectivity index (χ0) is 21.9. The van der Waals surface area contributed by atoms with E-state index in [4.69, 9.17) is 9.72 Å². The van der Waals surface area contributed by atoms with Crippen LogP contribution in [0.25, 0.3) is 10.8 Å². The van der Waals surface area contributed by atoms with Crippen LogP contribution >= 0.6 is 0 Å². The van der Waals surface area contributed by atoms with Crippen molar-refractivity contribution < 1.29 is 4.74 Å². The molecule has 4 aromatic rings. The largest absolute Gasteiger partial charge is 0.378 e. The number of aromatic nitrogens is 3. The van der Waals surface area contributed by atoms with Gasteiger partial charge in [-0.15, -0.1) is 0 Å². The molecule has 0 atom stereocenters. The van der Waals surface area contributed by atoms with Crippen molar-refractivity contribution in [1.82, 2.24) is 15.0 Å². The molecule has 3 aromatic heterocycles. The molecule has 8 heteroatoms. The monoisotopic (exact) mass is 428 g/mol. The van der Waals surface area contributed by atoms with Crippen LogP contribution in [-0.2, 0) is 4.74 Å². The number of H-pyrrole nitrogens is 1. The summed E-state index contributed by atoms with van der Waals surface area (Å²) in [6, 6.07) is 15.7. The van der Waals surface area contributed by atoms with E-state index in [1.165, 1.54) is 0 Å². The van der Waals surface area contributed by atoms with Crippen LogP contribution in [0, 0.1) is 6.92 Å². The number of anilines is 5. The number of fused-ring (bicyclic) bond motifs is 1. The lowest BCUT2D eigenvalue weighted by atomic mass is 10.2. The van der Waals surface area contributed by atoms with Crippen molar-refractivity contribution in [1.29, 1.82) is 0 Å². The average Bonchev–Trinajstić information content (AvgIpc) is 2.82. The fourth-order valence-electron chi connectivity index (χ4n) is 3.82. The topological polar surface area (TPSA) is 95.2 Å². The summed E-state index contributed by atoms with van der Waals surface area (Å²) in [4.78, 5) is 26.7. The van der Waals surface area contributed by atoms with E-state index in [0.717, 1.165) is 54.4 Å². The van der Waals surface area contributed by atoms with Crippen molar-refractivity contribution in [3.63, 3.8) is 0 Å². The highest BCUT2D eigenvalue weighted by atomic mass is 16.5. The molecule has 1 aromatic carbocycles. The Morgan fingerprint density at radius 2 is 1.84 bits per heavy atom. The number of pyridine rings is 3. The van der Waals surface area contributed by atoms with Gasteiger partial charge in [0.15, 0.2) is 0 Å². The van der Waals surface area contributed by atoms with Crippen molar-refractivity contribution >= 4 is 39.6 Å². The molecular formula is C24H24N6O2. The van der Waals surface area contributed by atoms with E-state index in [2.05, 4.69) is 37.6 Å². The van der Waals surface area contributed by atoms with Gasteiger partial charge in [-0.2, -0.15) is 0 Å². The van der Waals surface area contributed by atoms with Crippen molar-refractivity contribution in [3.8, 4) is 0 Å². The Morgan fingerprint density at radius 3 is 2.62 bits per heavy atom. The van der Waals surface area contributed by atoms with Gasteiger partial charge in [-0.05, 0) is 60.3 Å². The van der Waals surface area contributed by atoms with E-state index in [-0.39, 0.29) is 5.56 Å². The van der Waals surface area contributed by atoms with Gasteiger partial charge >= 0.3 is 0 Å². The van der Waals surface area contributed by atoms with E-state index in [1.807, 2.05) is 43.3 Å². The lowest BCUT2D eigenvalue weighted by Crippen LogP contribution is -2.36. The third-order valence-corrected chi connectivity index (χ3v) is 5.52.